The van der Waals surface area contributed by atoms with Gasteiger partial charge in [-0.15, -0.1) is 11.3 Å². The van der Waals surface area contributed by atoms with Gasteiger partial charge in [-0.2, -0.15) is 0 Å². The van der Waals surface area contributed by atoms with Crippen LogP contribution in [-0.2, 0) is 6.42 Å². The largest absolute Gasteiger partial charge is 0.325 e. The van der Waals surface area contributed by atoms with E-state index in [-0.39, 0.29) is 5.54 Å². The zero-order valence-corrected chi connectivity index (χ0v) is 12.0. The molecule has 15 heavy (non-hydrogen) atoms. The van der Waals surface area contributed by atoms with Crippen LogP contribution in [0, 0.1) is 0 Å². The average Bonchev–Trinajstić information content (AvgIpc) is 2.61. The van der Waals surface area contributed by atoms with E-state index in [1.165, 1.54) is 21.5 Å². The van der Waals surface area contributed by atoms with Gasteiger partial charge in [-0.25, -0.2) is 0 Å². The van der Waals surface area contributed by atoms with Crippen LogP contribution < -0.4 is 5.73 Å². The second-order valence-corrected chi connectivity index (χ2v) is 6.75. The summed E-state index contributed by atoms with van der Waals surface area (Å²) in [6.07, 6.45) is 5.67. The summed E-state index contributed by atoms with van der Waals surface area (Å²) in [5.41, 5.74) is 6.42. The third-order valence-electron chi connectivity index (χ3n) is 2.89. The smallest absolute Gasteiger partial charge is 0.0701 e. The molecule has 1 aromatic heterocycles. The zero-order valence-electron chi connectivity index (χ0n) is 9.55. The maximum Gasteiger partial charge on any atom is 0.0701 e. The van der Waals surface area contributed by atoms with Gasteiger partial charge in [0.05, 0.1) is 3.79 Å². The van der Waals surface area contributed by atoms with Crippen LogP contribution >= 0.6 is 27.3 Å². The Morgan fingerprint density at radius 3 is 2.60 bits per heavy atom. The summed E-state index contributed by atoms with van der Waals surface area (Å²) in [6, 6.07) is 4.29. The first-order valence-corrected chi connectivity index (χ1v) is 7.23. The average molecular weight is 290 g/mol. The van der Waals surface area contributed by atoms with Gasteiger partial charge in [-0.1, -0.05) is 26.7 Å². The lowest BCUT2D eigenvalue weighted by Crippen LogP contribution is -2.41. The first-order chi connectivity index (χ1) is 7.09. The lowest BCUT2D eigenvalue weighted by molar-refractivity contribution is 0.367. The molecule has 0 aliphatic rings. The molecule has 2 N–H and O–H groups in total. The Bertz CT molecular complexity index is 298. The fraction of sp³-hybridized carbons (Fsp3) is 0.667. The van der Waals surface area contributed by atoms with Gasteiger partial charge < -0.3 is 5.73 Å². The Balaban J connectivity index is 2.59. The summed E-state index contributed by atoms with van der Waals surface area (Å²) in [5, 5.41) is 0. The molecule has 1 unspecified atom stereocenters. The van der Waals surface area contributed by atoms with Gasteiger partial charge in [0.2, 0.25) is 0 Å². The standard InChI is InChI=1S/C12H20BrNS/c1-3-5-8-12(14,4-2)9-10-6-7-11(13)15-10/h6-7H,3-5,8-9,14H2,1-2H3. The van der Waals surface area contributed by atoms with E-state index in [9.17, 15) is 0 Å². The fourth-order valence-corrected chi connectivity index (χ4v) is 3.35. The number of rotatable bonds is 6. The summed E-state index contributed by atoms with van der Waals surface area (Å²) >= 11 is 5.29. The van der Waals surface area contributed by atoms with Gasteiger partial charge in [0.15, 0.2) is 0 Å². The summed E-state index contributed by atoms with van der Waals surface area (Å²) in [6.45, 7) is 4.41. The van der Waals surface area contributed by atoms with E-state index in [0.29, 0.717) is 0 Å². The van der Waals surface area contributed by atoms with Gasteiger partial charge in [0.1, 0.15) is 0 Å². The molecule has 0 fully saturated rings. The van der Waals surface area contributed by atoms with Crippen molar-refractivity contribution >= 4 is 27.3 Å². The Kier molecular flexibility index (Phi) is 5.30. The van der Waals surface area contributed by atoms with Crippen molar-refractivity contribution in [1.82, 2.24) is 0 Å². The maximum atomic E-state index is 6.42. The van der Waals surface area contributed by atoms with Gasteiger partial charge in [0.25, 0.3) is 0 Å². The van der Waals surface area contributed by atoms with Crippen LogP contribution in [0.2, 0.25) is 0 Å². The van der Waals surface area contributed by atoms with Crippen LogP contribution in [0.25, 0.3) is 0 Å². The summed E-state index contributed by atoms with van der Waals surface area (Å²) in [5.74, 6) is 0. The van der Waals surface area contributed by atoms with Crippen molar-refractivity contribution in [3.8, 4) is 0 Å². The number of thiophene rings is 1. The van der Waals surface area contributed by atoms with E-state index in [1.807, 2.05) is 0 Å². The van der Waals surface area contributed by atoms with Crippen LogP contribution in [-0.4, -0.2) is 5.54 Å². The van der Waals surface area contributed by atoms with Crippen LogP contribution in [0.3, 0.4) is 0 Å². The minimum atomic E-state index is 0.000301. The first kappa shape index (κ1) is 13.2. The van der Waals surface area contributed by atoms with Crippen molar-refractivity contribution < 1.29 is 0 Å². The van der Waals surface area contributed by atoms with Crippen molar-refractivity contribution in [1.29, 1.82) is 0 Å². The van der Waals surface area contributed by atoms with Crippen molar-refractivity contribution in [2.75, 3.05) is 0 Å². The molecule has 0 aliphatic carbocycles. The highest BCUT2D eigenvalue weighted by molar-refractivity contribution is 9.11. The predicted molar refractivity (Wildman–Crippen MR) is 72.5 cm³/mol. The molecule has 3 heteroatoms. The molecule has 1 atom stereocenters. The molecule has 0 amide bonds. The second-order valence-electron chi connectivity index (χ2n) is 4.20. The SMILES string of the molecule is CCCCC(N)(CC)Cc1ccc(Br)s1. The van der Waals surface area contributed by atoms with E-state index >= 15 is 0 Å². The summed E-state index contributed by atoms with van der Waals surface area (Å²) in [4.78, 5) is 1.39. The number of nitrogens with two attached hydrogens (primary N) is 1. The lowest BCUT2D eigenvalue weighted by Gasteiger charge is -2.27. The van der Waals surface area contributed by atoms with E-state index in [4.69, 9.17) is 5.73 Å². The second kappa shape index (κ2) is 6.02. The molecule has 0 aliphatic heterocycles. The van der Waals surface area contributed by atoms with E-state index in [1.54, 1.807) is 11.3 Å². The minimum Gasteiger partial charge on any atom is -0.325 e. The molecule has 0 saturated heterocycles. The van der Waals surface area contributed by atoms with E-state index in [2.05, 4.69) is 41.9 Å². The third kappa shape index (κ3) is 4.25. The summed E-state index contributed by atoms with van der Waals surface area (Å²) < 4.78 is 1.20. The monoisotopic (exact) mass is 289 g/mol. The van der Waals surface area contributed by atoms with Gasteiger partial charge in [0, 0.05) is 10.4 Å². The molecule has 86 valence electrons. The van der Waals surface area contributed by atoms with E-state index < -0.39 is 0 Å². The van der Waals surface area contributed by atoms with E-state index in [0.717, 1.165) is 19.3 Å². The molecule has 0 spiro atoms. The number of hydrogen-bond acceptors (Lipinski definition) is 2. The summed E-state index contributed by atoms with van der Waals surface area (Å²) in [7, 11) is 0. The first-order valence-electron chi connectivity index (χ1n) is 5.63. The number of unbranched alkanes of at least 4 members (excludes halogenated alkanes) is 1. The topological polar surface area (TPSA) is 26.0 Å². The molecule has 1 heterocycles. The van der Waals surface area contributed by atoms with Crippen LogP contribution in [0.1, 0.15) is 44.4 Å². The highest BCUT2D eigenvalue weighted by Gasteiger charge is 2.22. The van der Waals surface area contributed by atoms with Gasteiger partial charge in [-0.05, 0) is 47.3 Å². The number of hydrogen-bond donors (Lipinski definition) is 1. The Morgan fingerprint density at radius 2 is 2.13 bits per heavy atom. The Morgan fingerprint density at radius 1 is 1.40 bits per heavy atom. The molecule has 1 nitrogen and oxygen atoms in total. The van der Waals surface area contributed by atoms with Gasteiger partial charge >= 0.3 is 0 Å². The minimum absolute atomic E-state index is 0.000301. The van der Waals surface area contributed by atoms with Crippen molar-refractivity contribution in [3.63, 3.8) is 0 Å². The third-order valence-corrected chi connectivity index (χ3v) is 4.51. The fourth-order valence-electron chi connectivity index (χ4n) is 1.71. The molecule has 1 aromatic rings. The van der Waals surface area contributed by atoms with Crippen molar-refractivity contribution in [2.45, 2.75) is 51.5 Å². The molecule has 0 radical (unpaired) electrons. The van der Waals surface area contributed by atoms with Crippen molar-refractivity contribution in [2.24, 2.45) is 5.73 Å². The maximum absolute atomic E-state index is 6.42. The molecular weight excluding hydrogens is 270 g/mol. The molecule has 1 rings (SSSR count). The number of halogens is 1. The highest BCUT2D eigenvalue weighted by Crippen LogP contribution is 2.28. The van der Waals surface area contributed by atoms with Crippen molar-refractivity contribution in [3.05, 3.63) is 20.8 Å². The van der Waals surface area contributed by atoms with Crippen LogP contribution in [0.5, 0.6) is 0 Å². The highest BCUT2D eigenvalue weighted by atomic mass is 79.9. The molecule has 0 saturated carbocycles. The van der Waals surface area contributed by atoms with Crippen LogP contribution in [0.4, 0.5) is 0 Å². The normalized spacial score (nSPS) is 15.2. The Labute approximate surface area is 105 Å². The molecular formula is C12H20BrNS. The van der Waals surface area contributed by atoms with Crippen LogP contribution in [0.15, 0.2) is 15.9 Å². The lowest BCUT2D eigenvalue weighted by atomic mass is 9.87. The zero-order chi connectivity index (χ0) is 11.3. The quantitative estimate of drug-likeness (QED) is 0.828. The molecule has 0 aromatic carbocycles. The predicted octanol–water partition coefficient (Wildman–Crippen LogP) is 4.35. The Hall–Kier alpha value is 0.140. The van der Waals surface area contributed by atoms with Gasteiger partial charge in [-0.3, -0.25) is 0 Å². The molecule has 0 bridgehead atoms.